The van der Waals surface area contributed by atoms with Crippen molar-refractivity contribution in [2.24, 2.45) is 0 Å². The van der Waals surface area contributed by atoms with Crippen LogP contribution in [0.1, 0.15) is 37.4 Å². The second kappa shape index (κ2) is 8.41. The molecule has 4 rings (SSSR count). The van der Waals surface area contributed by atoms with Crippen molar-refractivity contribution in [1.82, 2.24) is 0 Å². The predicted octanol–water partition coefficient (Wildman–Crippen LogP) is 5.50. The number of nitrogens with two attached hydrogens (primary N) is 2. The Morgan fingerprint density at radius 3 is 1.68 bits per heavy atom. The Bertz CT molecular complexity index is 1270. The molecule has 0 spiro atoms. The number of anilines is 4. The number of hydrogen-bond acceptors (Lipinski definition) is 6. The van der Waals surface area contributed by atoms with Gasteiger partial charge in [0.1, 0.15) is 9.75 Å². The molecule has 4 aromatic rings. The first-order valence-electron chi connectivity index (χ1n) is 9.76. The van der Waals surface area contributed by atoms with E-state index in [2.05, 4.69) is 17.6 Å². The zero-order valence-electron chi connectivity index (χ0n) is 17.1. The number of nitrogens with one attached hydrogen (secondary N) is 2. The van der Waals surface area contributed by atoms with Crippen LogP contribution in [0, 0.1) is 6.92 Å². The van der Waals surface area contributed by atoms with Crippen LogP contribution in [0.25, 0.3) is 9.40 Å². The highest BCUT2D eigenvalue weighted by molar-refractivity contribution is 7.40. The number of thiophene rings is 2. The summed E-state index contributed by atoms with van der Waals surface area (Å²) in [4.78, 5) is 26.2. The Balaban J connectivity index is 1.57. The normalized spacial score (nSPS) is 10.9. The topological polar surface area (TPSA) is 110 Å². The van der Waals surface area contributed by atoms with Crippen molar-refractivity contribution in [3.05, 3.63) is 69.4 Å². The molecule has 2 amide bonds. The lowest BCUT2D eigenvalue weighted by Gasteiger charge is -2.06. The summed E-state index contributed by atoms with van der Waals surface area (Å²) in [7, 11) is 0. The van der Waals surface area contributed by atoms with E-state index in [1.165, 1.54) is 28.2 Å². The quantitative estimate of drug-likeness (QED) is 0.322. The SMILES string of the molecule is CCc1ccc(NC(=O)c2sc3sc(C(=O)Nc4ccc(C)cc4)c(N)c3c2N)cc1. The van der Waals surface area contributed by atoms with Crippen molar-refractivity contribution in [1.29, 1.82) is 0 Å². The molecule has 0 bridgehead atoms. The van der Waals surface area contributed by atoms with E-state index in [4.69, 9.17) is 11.5 Å². The third-order valence-corrected chi connectivity index (χ3v) is 7.46. The number of carbonyl (C=O) groups is 2. The van der Waals surface area contributed by atoms with Crippen LogP contribution in [0.2, 0.25) is 0 Å². The summed E-state index contributed by atoms with van der Waals surface area (Å²) < 4.78 is 0.746. The van der Waals surface area contributed by atoms with Gasteiger partial charge in [0, 0.05) is 11.4 Å². The molecule has 0 aliphatic carbocycles. The molecule has 6 N–H and O–H groups in total. The van der Waals surface area contributed by atoms with Crippen LogP contribution in [0.5, 0.6) is 0 Å². The molecule has 0 radical (unpaired) electrons. The van der Waals surface area contributed by atoms with Gasteiger partial charge in [0.05, 0.1) is 20.8 Å². The molecule has 8 heteroatoms. The minimum absolute atomic E-state index is 0.291. The van der Waals surface area contributed by atoms with Crippen LogP contribution in [-0.4, -0.2) is 11.8 Å². The maximum atomic E-state index is 12.8. The standard InChI is InChI=1S/C23H22N4O2S2/c1-3-13-6-10-15(11-7-13)27-22(29)20-18(25)16-17(24)19(30-23(16)31-20)21(28)26-14-8-4-12(2)5-9-14/h4-11H,3,24-25H2,1-2H3,(H,26,28)(H,27,29). The number of nitrogen functional groups attached to an aromatic ring is 2. The summed E-state index contributed by atoms with van der Waals surface area (Å²) in [5, 5.41) is 6.29. The van der Waals surface area contributed by atoms with Crippen molar-refractivity contribution < 1.29 is 9.59 Å². The van der Waals surface area contributed by atoms with Crippen molar-refractivity contribution in [2.75, 3.05) is 22.1 Å². The summed E-state index contributed by atoms with van der Waals surface area (Å²) in [5.74, 6) is -0.587. The molecule has 158 valence electrons. The van der Waals surface area contributed by atoms with Gasteiger partial charge >= 0.3 is 0 Å². The third-order valence-electron chi connectivity index (χ3n) is 4.96. The molecule has 0 unspecified atom stereocenters. The van der Waals surface area contributed by atoms with Crippen LogP contribution < -0.4 is 22.1 Å². The van der Waals surface area contributed by atoms with Crippen LogP contribution in [0.4, 0.5) is 22.7 Å². The van der Waals surface area contributed by atoms with Crippen molar-refractivity contribution in [3.63, 3.8) is 0 Å². The highest BCUT2D eigenvalue weighted by atomic mass is 32.2. The Hall–Kier alpha value is -3.36. The van der Waals surface area contributed by atoms with Gasteiger partial charge in [-0.2, -0.15) is 0 Å². The Morgan fingerprint density at radius 2 is 1.26 bits per heavy atom. The summed E-state index contributed by atoms with van der Waals surface area (Å²) in [6.45, 7) is 4.06. The zero-order chi connectivity index (χ0) is 22.1. The maximum Gasteiger partial charge on any atom is 0.267 e. The monoisotopic (exact) mass is 450 g/mol. The highest BCUT2D eigenvalue weighted by Crippen LogP contribution is 2.45. The van der Waals surface area contributed by atoms with E-state index >= 15 is 0 Å². The summed E-state index contributed by atoms with van der Waals surface area (Å²) in [6.07, 6.45) is 0.932. The molecule has 0 fully saturated rings. The Labute approximate surface area is 187 Å². The molecule has 0 aliphatic heterocycles. The fraction of sp³-hybridized carbons (Fsp3) is 0.130. The second-order valence-electron chi connectivity index (χ2n) is 7.18. The number of fused-ring (bicyclic) bond motifs is 1. The number of benzene rings is 2. The van der Waals surface area contributed by atoms with Crippen molar-refractivity contribution in [3.8, 4) is 0 Å². The minimum Gasteiger partial charge on any atom is -0.397 e. The van der Waals surface area contributed by atoms with Gasteiger partial charge < -0.3 is 22.1 Å². The summed E-state index contributed by atoms with van der Waals surface area (Å²) in [5.41, 5.74) is 16.8. The van der Waals surface area contributed by atoms with Gasteiger partial charge in [-0.15, -0.1) is 22.7 Å². The molecule has 31 heavy (non-hydrogen) atoms. The van der Waals surface area contributed by atoms with Crippen LogP contribution in [0.15, 0.2) is 48.5 Å². The van der Waals surface area contributed by atoms with Gasteiger partial charge in [-0.25, -0.2) is 0 Å². The second-order valence-corrected chi connectivity index (χ2v) is 9.48. The van der Waals surface area contributed by atoms with E-state index in [1.807, 2.05) is 55.5 Å². The molecule has 2 aromatic carbocycles. The number of hydrogen-bond donors (Lipinski definition) is 4. The molecule has 2 heterocycles. The first-order valence-corrected chi connectivity index (χ1v) is 11.4. The molecule has 0 aliphatic rings. The van der Waals surface area contributed by atoms with Gasteiger partial charge in [-0.1, -0.05) is 36.8 Å². The Morgan fingerprint density at radius 1 is 0.806 bits per heavy atom. The van der Waals surface area contributed by atoms with E-state index in [1.54, 1.807) is 0 Å². The van der Waals surface area contributed by atoms with Crippen molar-refractivity contribution >= 4 is 66.6 Å². The van der Waals surface area contributed by atoms with Crippen LogP contribution >= 0.6 is 22.7 Å². The lowest BCUT2D eigenvalue weighted by atomic mass is 10.1. The number of carbonyl (C=O) groups excluding carboxylic acids is 2. The lowest BCUT2D eigenvalue weighted by Crippen LogP contribution is -2.13. The van der Waals surface area contributed by atoms with E-state index in [0.29, 0.717) is 37.9 Å². The fourth-order valence-electron chi connectivity index (χ4n) is 3.18. The average molecular weight is 451 g/mol. The molecular formula is C23H22N4O2S2. The highest BCUT2D eigenvalue weighted by Gasteiger charge is 2.25. The molecule has 6 nitrogen and oxygen atoms in total. The molecule has 0 saturated heterocycles. The lowest BCUT2D eigenvalue weighted by molar-refractivity contribution is 0.102. The van der Waals surface area contributed by atoms with Gasteiger partial charge in [-0.05, 0) is 43.2 Å². The van der Waals surface area contributed by atoms with E-state index in [9.17, 15) is 9.59 Å². The van der Waals surface area contributed by atoms with E-state index < -0.39 is 0 Å². The number of rotatable bonds is 5. The Kier molecular flexibility index (Phi) is 5.67. The van der Waals surface area contributed by atoms with Crippen LogP contribution in [-0.2, 0) is 6.42 Å². The fourth-order valence-corrected chi connectivity index (χ4v) is 5.58. The first-order chi connectivity index (χ1) is 14.9. The zero-order valence-corrected chi connectivity index (χ0v) is 18.7. The molecule has 0 saturated carbocycles. The van der Waals surface area contributed by atoms with Gasteiger partial charge in [0.25, 0.3) is 11.8 Å². The summed E-state index contributed by atoms with van der Waals surface area (Å²) in [6, 6.07) is 15.2. The van der Waals surface area contributed by atoms with Crippen molar-refractivity contribution in [2.45, 2.75) is 20.3 Å². The van der Waals surface area contributed by atoms with Gasteiger partial charge in [0.2, 0.25) is 0 Å². The molecule has 0 atom stereocenters. The molecular weight excluding hydrogens is 428 g/mol. The molecule has 2 aromatic heterocycles. The van der Waals surface area contributed by atoms with E-state index in [0.717, 1.165) is 16.0 Å². The first kappa shape index (κ1) is 20.9. The van der Waals surface area contributed by atoms with E-state index in [-0.39, 0.29) is 11.8 Å². The smallest absolute Gasteiger partial charge is 0.267 e. The average Bonchev–Trinajstić information content (AvgIpc) is 3.27. The summed E-state index contributed by atoms with van der Waals surface area (Å²) >= 11 is 2.48. The largest absolute Gasteiger partial charge is 0.397 e. The number of aryl methyl sites for hydroxylation is 2. The maximum absolute atomic E-state index is 12.8. The van der Waals surface area contributed by atoms with Gasteiger partial charge in [-0.3, -0.25) is 9.59 Å². The predicted molar refractivity (Wildman–Crippen MR) is 131 cm³/mol. The number of amides is 2. The third kappa shape index (κ3) is 4.12. The van der Waals surface area contributed by atoms with Crippen LogP contribution in [0.3, 0.4) is 0 Å². The minimum atomic E-state index is -0.295. The van der Waals surface area contributed by atoms with Gasteiger partial charge in [0.15, 0.2) is 0 Å².